The van der Waals surface area contributed by atoms with E-state index < -0.39 is 19.8 Å². The van der Waals surface area contributed by atoms with Gasteiger partial charge in [0.05, 0.1) is 19.2 Å². The Bertz CT molecular complexity index is 1710. The standard InChI is InChI=1S/C37H30F3NSi/c1-42(2,3)35-20-16-28(17-21-35)26-6-10-30(11-7-26)33-22-32-13-12-31(23-36(32)41-24-33)29-8-4-25(5-9-29)27-14-18-34(19-15-27)37(38,39)40/h4-24H,1-3H3. The first-order valence-corrected chi connectivity index (χ1v) is 17.4. The smallest absolute Gasteiger partial charge is 0.256 e. The normalized spacial score (nSPS) is 12.0. The third-order valence-electron chi connectivity index (χ3n) is 7.75. The van der Waals surface area contributed by atoms with Crippen LogP contribution >= 0.6 is 0 Å². The molecule has 5 aromatic carbocycles. The van der Waals surface area contributed by atoms with E-state index in [0.29, 0.717) is 0 Å². The average Bonchev–Trinajstić information content (AvgIpc) is 3.00. The molecule has 0 N–H and O–H groups in total. The van der Waals surface area contributed by atoms with Crippen LogP contribution in [0.4, 0.5) is 13.2 Å². The molecule has 42 heavy (non-hydrogen) atoms. The van der Waals surface area contributed by atoms with E-state index in [0.717, 1.165) is 56.4 Å². The molecule has 5 heteroatoms. The van der Waals surface area contributed by atoms with Gasteiger partial charge in [-0.05, 0) is 63.2 Å². The second-order valence-corrected chi connectivity index (χ2v) is 16.8. The van der Waals surface area contributed by atoms with Crippen LogP contribution in [0.25, 0.3) is 55.4 Å². The Morgan fingerprint density at radius 1 is 0.476 bits per heavy atom. The number of rotatable bonds is 5. The highest BCUT2D eigenvalue weighted by atomic mass is 28.3. The van der Waals surface area contributed by atoms with Crippen molar-refractivity contribution in [2.75, 3.05) is 0 Å². The van der Waals surface area contributed by atoms with Gasteiger partial charge in [0.2, 0.25) is 0 Å². The highest BCUT2D eigenvalue weighted by Crippen LogP contribution is 2.33. The van der Waals surface area contributed by atoms with Crippen molar-refractivity contribution in [2.24, 2.45) is 0 Å². The lowest BCUT2D eigenvalue weighted by molar-refractivity contribution is -0.137. The van der Waals surface area contributed by atoms with Crippen molar-refractivity contribution in [1.29, 1.82) is 0 Å². The Morgan fingerprint density at radius 3 is 1.36 bits per heavy atom. The number of benzene rings is 5. The molecule has 0 unspecified atom stereocenters. The van der Waals surface area contributed by atoms with Gasteiger partial charge in [-0.2, -0.15) is 13.2 Å². The van der Waals surface area contributed by atoms with Crippen LogP contribution in [0.15, 0.2) is 128 Å². The number of aromatic nitrogens is 1. The summed E-state index contributed by atoms with van der Waals surface area (Å²) in [5, 5.41) is 2.52. The molecule has 0 bridgehead atoms. The molecule has 0 amide bonds. The first kappa shape index (κ1) is 27.7. The second kappa shape index (κ2) is 10.7. The number of hydrogen-bond donors (Lipinski definition) is 0. The van der Waals surface area contributed by atoms with Gasteiger partial charge in [-0.15, -0.1) is 0 Å². The molecule has 6 aromatic rings. The fourth-order valence-electron chi connectivity index (χ4n) is 5.18. The van der Waals surface area contributed by atoms with Crippen molar-refractivity contribution in [3.8, 4) is 44.5 Å². The summed E-state index contributed by atoms with van der Waals surface area (Å²) in [6.45, 7) is 7.09. The minimum absolute atomic E-state index is 0.644. The van der Waals surface area contributed by atoms with Gasteiger partial charge in [0.1, 0.15) is 0 Å². The van der Waals surface area contributed by atoms with Crippen LogP contribution in [0.2, 0.25) is 19.6 Å². The van der Waals surface area contributed by atoms with Crippen LogP contribution in [0.1, 0.15) is 5.56 Å². The number of pyridine rings is 1. The zero-order valence-electron chi connectivity index (χ0n) is 23.7. The minimum Gasteiger partial charge on any atom is -0.256 e. The van der Waals surface area contributed by atoms with Crippen LogP contribution in [-0.4, -0.2) is 13.1 Å². The van der Waals surface area contributed by atoms with Crippen molar-refractivity contribution in [3.05, 3.63) is 133 Å². The maximum absolute atomic E-state index is 12.9. The highest BCUT2D eigenvalue weighted by molar-refractivity contribution is 6.88. The molecule has 1 aromatic heterocycles. The van der Waals surface area contributed by atoms with Gasteiger partial charge in [-0.3, -0.25) is 4.98 Å². The third kappa shape index (κ3) is 5.79. The van der Waals surface area contributed by atoms with E-state index in [1.807, 2.05) is 30.5 Å². The van der Waals surface area contributed by atoms with E-state index in [2.05, 4.69) is 92.4 Å². The molecule has 1 nitrogen and oxygen atoms in total. The lowest BCUT2D eigenvalue weighted by atomic mass is 9.98. The van der Waals surface area contributed by atoms with Crippen LogP contribution in [0.3, 0.4) is 0 Å². The van der Waals surface area contributed by atoms with E-state index in [1.54, 1.807) is 0 Å². The average molecular weight is 574 g/mol. The molecule has 1 heterocycles. The van der Waals surface area contributed by atoms with Gasteiger partial charge < -0.3 is 0 Å². The van der Waals surface area contributed by atoms with Gasteiger partial charge in [0, 0.05) is 17.1 Å². The van der Waals surface area contributed by atoms with Crippen LogP contribution in [0, 0.1) is 0 Å². The quantitative estimate of drug-likeness (QED) is 0.187. The predicted molar refractivity (Wildman–Crippen MR) is 171 cm³/mol. The van der Waals surface area contributed by atoms with Crippen molar-refractivity contribution >= 4 is 24.2 Å². The Morgan fingerprint density at radius 2 is 0.881 bits per heavy atom. The Hall–Kier alpha value is -4.48. The summed E-state index contributed by atoms with van der Waals surface area (Å²) in [5.74, 6) is 0. The third-order valence-corrected chi connectivity index (χ3v) is 9.82. The fourth-order valence-corrected chi connectivity index (χ4v) is 6.35. The molecule has 0 saturated heterocycles. The highest BCUT2D eigenvalue weighted by Gasteiger charge is 2.30. The molecule has 0 saturated carbocycles. The molecule has 0 aliphatic heterocycles. The van der Waals surface area contributed by atoms with E-state index in [9.17, 15) is 13.2 Å². The predicted octanol–water partition coefficient (Wildman–Crippen LogP) is 10.5. The Labute approximate surface area is 245 Å². The van der Waals surface area contributed by atoms with Gasteiger partial charge in [0.25, 0.3) is 0 Å². The zero-order chi connectivity index (χ0) is 29.5. The van der Waals surface area contributed by atoms with E-state index in [4.69, 9.17) is 4.98 Å². The van der Waals surface area contributed by atoms with Crippen LogP contribution < -0.4 is 5.19 Å². The molecule has 208 valence electrons. The molecule has 0 fully saturated rings. The first-order valence-electron chi connectivity index (χ1n) is 13.9. The topological polar surface area (TPSA) is 12.9 Å². The number of fused-ring (bicyclic) bond motifs is 1. The van der Waals surface area contributed by atoms with Crippen molar-refractivity contribution in [1.82, 2.24) is 4.98 Å². The molecule has 0 aliphatic carbocycles. The molecule has 0 aliphatic rings. The maximum atomic E-state index is 12.9. The first-order chi connectivity index (χ1) is 20.0. The maximum Gasteiger partial charge on any atom is 0.416 e. The van der Waals surface area contributed by atoms with Gasteiger partial charge in [-0.1, -0.05) is 122 Å². The summed E-state index contributed by atoms with van der Waals surface area (Å²) in [4.78, 5) is 4.76. The molecular formula is C37H30F3NSi. The molecule has 6 rings (SSSR count). The summed E-state index contributed by atoms with van der Waals surface area (Å²) in [6, 6.07) is 39.1. The van der Waals surface area contributed by atoms with Crippen molar-refractivity contribution in [3.63, 3.8) is 0 Å². The lowest BCUT2D eigenvalue weighted by Crippen LogP contribution is -2.37. The van der Waals surface area contributed by atoms with Crippen LogP contribution in [-0.2, 0) is 6.18 Å². The number of hydrogen-bond acceptors (Lipinski definition) is 1. The largest absolute Gasteiger partial charge is 0.416 e. The molecule has 0 spiro atoms. The van der Waals surface area contributed by atoms with Crippen molar-refractivity contribution in [2.45, 2.75) is 25.8 Å². The zero-order valence-corrected chi connectivity index (χ0v) is 24.7. The fraction of sp³-hybridized carbons (Fsp3) is 0.108. The van der Waals surface area contributed by atoms with Gasteiger partial charge >= 0.3 is 6.18 Å². The van der Waals surface area contributed by atoms with Crippen LogP contribution in [0.5, 0.6) is 0 Å². The summed E-state index contributed by atoms with van der Waals surface area (Å²) in [5.41, 5.74) is 8.53. The number of nitrogens with zero attached hydrogens (tertiary/aromatic N) is 1. The van der Waals surface area contributed by atoms with Crippen molar-refractivity contribution < 1.29 is 13.2 Å². The SMILES string of the molecule is C[Si](C)(C)c1ccc(-c2ccc(-c3cnc4cc(-c5ccc(-c6ccc(C(F)(F)F)cc6)cc5)ccc4c3)cc2)cc1. The van der Waals surface area contributed by atoms with E-state index in [1.165, 1.54) is 28.4 Å². The van der Waals surface area contributed by atoms with E-state index in [-0.39, 0.29) is 0 Å². The monoisotopic (exact) mass is 573 g/mol. The van der Waals surface area contributed by atoms with Gasteiger partial charge in [0.15, 0.2) is 0 Å². The molecule has 0 radical (unpaired) electrons. The summed E-state index contributed by atoms with van der Waals surface area (Å²) < 4.78 is 38.7. The minimum atomic E-state index is -4.34. The summed E-state index contributed by atoms with van der Waals surface area (Å²) in [6.07, 6.45) is -2.42. The number of alkyl halides is 3. The van der Waals surface area contributed by atoms with E-state index >= 15 is 0 Å². The Kier molecular flexibility index (Phi) is 7.07. The number of halogens is 3. The summed E-state index contributed by atoms with van der Waals surface area (Å²) >= 11 is 0. The van der Waals surface area contributed by atoms with Gasteiger partial charge in [-0.25, -0.2) is 0 Å². The Balaban J connectivity index is 1.19. The molecule has 0 atom stereocenters. The summed E-state index contributed by atoms with van der Waals surface area (Å²) in [7, 11) is -1.31. The lowest BCUT2D eigenvalue weighted by Gasteiger charge is -2.16. The molecular weight excluding hydrogens is 543 g/mol. The second-order valence-electron chi connectivity index (χ2n) is 11.7.